The van der Waals surface area contributed by atoms with Crippen molar-refractivity contribution in [3.63, 3.8) is 0 Å². The number of aromatic nitrogens is 4. The van der Waals surface area contributed by atoms with Crippen LogP contribution in [-0.2, 0) is 18.2 Å². The van der Waals surface area contributed by atoms with Gasteiger partial charge in [-0.2, -0.15) is 10.1 Å². The number of hydrogen-bond acceptors (Lipinski definition) is 7. The maximum absolute atomic E-state index is 12.3. The molecule has 4 heterocycles. The highest BCUT2D eigenvalue weighted by atomic mass is 16.5. The maximum Gasteiger partial charge on any atom is 0.324 e. The van der Waals surface area contributed by atoms with Gasteiger partial charge in [-0.1, -0.05) is 0 Å². The summed E-state index contributed by atoms with van der Waals surface area (Å²) in [7, 11) is 3.59. The third-order valence-corrected chi connectivity index (χ3v) is 7.33. The molecule has 3 aliphatic rings. The Kier molecular flexibility index (Phi) is 5.75. The third-order valence-electron chi connectivity index (χ3n) is 7.33. The first-order valence-corrected chi connectivity index (χ1v) is 12.6. The van der Waals surface area contributed by atoms with Crippen molar-refractivity contribution < 1.29 is 14.3 Å². The lowest BCUT2D eigenvalue weighted by Gasteiger charge is -2.35. The molecule has 1 saturated heterocycles. The van der Waals surface area contributed by atoms with Crippen LogP contribution in [0.1, 0.15) is 37.7 Å². The molecule has 2 amide bonds. The average Bonchev–Trinajstić information content (AvgIpc) is 3.51. The Labute approximate surface area is 210 Å². The van der Waals surface area contributed by atoms with Crippen LogP contribution in [0.25, 0.3) is 11.4 Å². The Hall–Kier alpha value is -3.66. The van der Waals surface area contributed by atoms with Crippen LogP contribution in [0, 0.1) is 0 Å². The molecule has 0 unspecified atom stereocenters. The number of nitrogens with one attached hydrogen (secondary N) is 2. The van der Waals surface area contributed by atoms with Crippen LogP contribution >= 0.6 is 0 Å². The van der Waals surface area contributed by atoms with Gasteiger partial charge in [-0.3, -0.25) is 10.00 Å². The Balaban J connectivity index is 1.23. The summed E-state index contributed by atoms with van der Waals surface area (Å²) in [4.78, 5) is 24.6. The molecule has 2 aromatic heterocycles. The molecular formula is C26H31N7O3. The number of amides is 2. The van der Waals surface area contributed by atoms with Crippen molar-refractivity contribution in [2.45, 2.75) is 50.2 Å². The summed E-state index contributed by atoms with van der Waals surface area (Å²) in [5.41, 5.74) is 2.64. The standard InChI is InChI=1S/C26H31N7O3/c1-32-14-10-21(31-32)28-25(34)27-18-5-3-17(4-6-18)22-29-23(33-15-8-19(35-2)9-16-33)20-7-11-26(12-13-26)36-24(20)30-22/h3-6,10,14,19H,7-9,11-13,15-16H2,1-2H3,(H2,27,28,31,34). The largest absolute Gasteiger partial charge is 0.471 e. The van der Waals surface area contributed by atoms with Gasteiger partial charge in [0.2, 0.25) is 5.88 Å². The van der Waals surface area contributed by atoms with Crippen molar-refractivity contribution in [1.29, 1.82) is 0 Å². The van der Waals surface area contributed by atoms with Crippen molar-refractivity contribution in [3.05, 3.63) is 42.1 Å². The van der Waals surface area contributed by atoms with Gasteiger partial charge in [0.25, 0.3) is 0 Å². The molecule has 36 heavy (non-hydrogen) atoms. The SMILES string of the molecule is COC1CCN(c2nc(-c3ccc(NC(=O)Nc4ccn(C)n4)cc3)nc3c2CCC2(CC2)O3)CC1. The first-order valence-electron chi connectivity index (χ1n) is 12.6. The third kappa shape index (κ3) is 4.60. The van der Waals surface area contributed by atoms with Gasteiger partial charge in [0.05, 0.1) is 11.7 Å². The fourth-order valence-corrected chi connectivity index (χ4v) is 5.01. The molecule has 1 spiro atoms. The van der Waals surface area contributed by atoms with Crippen LogP contribution in [0.5, 0.6) is 5.88 Å². The highest BCUT2D eigenvalue weighted by Crippen LogP contribution is 2.49. The van der Waals surface area contributed by atoms with E-state index in [2.05, 4.69) is 20.6 Å². The summed E-state index contributed by atoms with van der Waals surface area (Å²) in [6.07, 6.45) is 8.22. The fraction of sp³-hybridized carbons (Fsp3) is 0.462. The van der Waals surface area contributed by atoms with Crippen LogP contribution in [0.3, 0.4) is 0 Å². The number of methoxy groups -OCH3 is 1. The number of nitrogens with zero attached hydrogens (tertiary/aromatic N) is 5. The molecule has 0 bridgehead atoms. The van der Waals surface area contributed by atoms with Gasteiger partial charge in [0.1, 0.15) is 11.4 Å². The van der Waals surface area contributed by atoms with Crippen molar-refractivity contribution in [1.82, 2.24) is 19.7 Å². The summed E-state index contributed by atoms with van der Waals surface area (Å²) < 4.78 is 13.6. The highest BCUT2D eigenvalue weighted by Gasteiger charge is 2.49. The number of carbonyl (C=O) groups is 1. The van der Waals surface area contributed by atoms with Crippen molar-refractivity contribution >= 4 is 23.4 Å². The van der Waals surface area contributed by atoms with Gasteiger partial charge in [-0.05, 0) is 62.8 Å². The van der Waals surface area contributed by atoms with Crippen molar-refractivity contribution in [2.24, 2.45) is 7.05 Å². The molecule has 6 rings (SSSR count). The molecule has 3 aromatic rings. The predicted molar refractivity (Wildman–Crippen MR) is 136 cm³/mol. The molecule has 0 radical (unpaired) electrons. The molecule has 188 valence electrons. The van der Waals surface area contributed by atoms with E-state index in [0.29, 0.717) is 23.4 Å². The number of benzene rings is 1. The fourth-order valence-electron chi connectivity index (χ4n) is 5.01. The van der Waals surface area contributed by atoms with E-state index in [9.17, 15) is 4.79 Å². The number of ether oxygens (including phenoxy) is 2. The lowest BCUT2D eigenvalue weighted by Crippen LogP contribution is -2.38. The second-order valence-corrected chi connectivity index (χ2v) is 9.89. The first-order chi connectivity index (χ1) is 17.5. The van der Waals surface area contributed by atoms with Crippen LogP contribution < -0.4 is 20.3 Å². The molecule has 10 nitrogen and oxygen atoms in total. The Bertz CT molecular complexity index is 1260. The zero-order valence-electron chi connectivity index (χ0n) is 20.7. The quantitative estimate of drug-likeness (QED) is 0.558. The van der Waals surface area contributed by atoms with Crippen LogP contribution in [0.2, 0.25) is 0 Å². The molecule has 2 fully saturated rings. The van der Waals surface area contributed by atoms with Gasteiger partial charge in [-0.25, -0.2) is 9.78 Å². The second kappa shape index (κ2) is 9.09. The van der Waals surface area contributed by atoms with E-state index >= 15 is 0 Å². The molecule has 2 N–H and O–H groups in total. The van der Waals surface area contributed by atoms with Gasteiger partial charge in [0, 0.05) is 50.8 Å². The second-order valence-electron chi connectivity index (χ2n) is 9.89. The van der Waals surface area contributed by atoms with Gasteiger partial charge < -0.3 is 19.7 Å². The van der Waals surface area contributed by atoms with E-state index in [1.165, 1.54) is 0 Å². The summed E-state index contributed by atoms with van der Waals surface area (Å²) in [6.45, 7) is 1.81. The van der Waals surface area contributed by atoms with Crippen molar-refractivity contribution in [3.8, 4) is 17.3 Å². The normalized spacial score (nSPS) is 18.4. The Morgan fingerprint density at radius 3 is 2.53 bits per heavy atom. The summed E-state index contributed by atoms with van der Waals surface area (Å²) in [6, 6.07) is 8.94. The first kappa shape index (κ1) is 22.8. The zero-order valence-corrected chi connectivity index (χ0v) is 20.7. The summed E-state index contributed by atoms with van der Waals surface area (Å²) in [5, 5.41) is 9.71. The highest BCUT2D eigenvalue weighted by molar-refractivity contribution is 5.99. The number of urea groups is 1. The number of rotatable bonds is 5. The molecule has 1 saturated carbocycles. The molecule has 10 heteroatoms. The van der Waals surface area contributed by atoms with E-state index in [1.54, 1.807) is 31.1 Å². The van der Waals surface area contributed by atoms with E-state index in [0.717, 1.165) is 74.4 Å². The average molecular weight is 490 g/mol. The summed E-state index contributed by atoms with van der Waals surface area (Å²) >= 11 is 0. The van der Waals surface area contributed by atoms with Crippen LogP contribution in [0.4, 0.5) is 22.1 Å². The maximum atomic E-state index is 12.3. The lowest BCUT2D eigenvalue weighted by atomic mass is 10.0. The predicted octanol–water partition coefficient (Wildman–Crippen LogP) is 3.99. The molecule has 0 atom stereocenters. The van der Waals surface area contributed by atoms with Crippen molar-refractivity contribution in [2.75, 3.05) is 35.7 Å². The zero-order chi connectivity index (χ0) is 24.7. The minimum absolute atomic E-state index is 0.0202. The van der Waals surface area contributed by atoms with E-state index in [1.807, 2.05) is 24.3 Å². The van der Waals surface area contributed by atoms with E-state index in [-0.39, 0.29) is 11.6 Å². The van der Waals surface area contributed by atoms with Gasteiger partial charge in [-0.15, -0.1) is 0 Å². The van der Waals surface area contributed by atoms with E-state index < -0.39 is 0 Å². The number of carbonyl (C=O) groups excluding carboxylic acids is 1. The number of hydrogen-bond donors (Lipinski definition) is 2. The van der Waals surface area contributed by atoms with Gasteiger partial charge in [0.15, 0.2) is 11.6 Å². The van der Waals surface area contributed by atoms with E-state index in [4.69, 9.17) is 19.4 Å². The number of anilines is 3. The Morgan fingerprint density at radius 2 is 1.86 bits per heavy atom. The smallest absolute Gasteiger partial charge is 0.324 e. The number of fused-ring (bicyclic) bond motifs is 1. The number of piperidine rings is 1. The van der Waals surface area contributed by atoms with Gasteiger partial charge >= 0.3 is 6.03 Å². The Morgan fingerprint density at radius 1 is 1.08 bits per heavy atom. The summed E-state index contributed by atoms with van der Waals surface area (Å²) in [5.74, 6) is 2.84. The topological polar surface area (TPSA) is 106 Å². The van der Waals surface area contributed by atoms with Crippen LogP contribution in [0.15, 0.2) is 36.5 Å². The monoisotopic (exact) mass is 489 g/mol. The van der Waals surface area contributed by atoms with Crippen LogP contribution in [-0.4, -0.2) is 57.7 Å². The number of aryl methyl sites for hydroxylation is 1. The molecular weight excluding hydrogens is 458 g/mol. The lowest BCUT2D eigenvalue weighted by molar-refractivity contribution is 0.0816. The minimum Gasteiger partial charge on any atom is -0.471 e. The molecule has 1 aromatic carbocycles. The molecule has 2 aliphatic heterocycles. The minimum atomic E-state index is -0.351. The molecule has 1 aliphatic carbocycles.